The second-order valence-electron chi connectivity index (χ2n) is 9.66. The molecule has 3 N–H and O–H groups in total. The zero-order chi connectivity index (χ0) is 30.6. The molecule has 43 heavy (non-hydrogen) atoms. The van der Waals surface area contributed by atoms with Crippen LogP contribution >= 0.6 is 0 Å². The van der Waals surface area contributed by atoms with Crippen LogP contribution in [0.15, 0.2) is 97.1 Å². The topological polar surface area (TPSA) is 131 Å². The molecule has 0 bridgehead atoms. The first-order chi connectivity index (χ1) is 20.8. The summed E-state index contributed by atoms with van der Waals surface area (Å²) in [5.41, 5.74) is 0.996. The molecule has 1 unspecified atom stereocenters. The number of hydrogen-bond acceptors (Lipinski definition) is 6. The van der Waals surface area contributed by atoms with Gasteiger partial charge >= 0.3 is 11.9 Å². The maximum absolute atomic E-state index is 13.3. The van der Waals surface area contributed by atoms with Gasteiger partial charge in [-0.25, -0.2) is 9.59 Å². The summed E-state index contributed by atoms with van der Waals surface area (Å²) in [6.45, 7) is 3.05. The third kappa shape index (κ3) is 8.84. The van der Waals surface area contributed by atoms with Crippen molar-refractivity contribution >= 4 is 23.5 Å². The van der Waals surface area contributed by atoms with Gasteiger partial charge in [0.15, 0.2) is 0 Å². The van der Waals surface area contributed by atoms with Crippen LogP contribution in [-0.4, -0.2) is 41.3 Å². The van der Waals surface area contributed by atoms with E-state index in [1.54, 1.807) is 6.07 Å². The van der Waals surface area contributed by atoms with Gasteiger partial charge in [0.2, 0.25) is 0 Å². The summed E-state index contributed by atoms with van der Waals surface area (Å²) in [5, 5.41) is 21.4. The van der Waals surface area contributed by atoms with Crippen molar-refractivity contribution in [1.82, 2.24) is 0 Å². The summed E-state index contributed by atoms with van der Waals surface area (Å²) in [5.74, 6) is -1.26. The average molecular weight is 584 g/mol. The van der Waals surface area contributed by atoms with Crippen LogP contribution in [-0.2, 0) is 0 Å². The standard InChI is InChI=1S/C34H33NO8/c1-2-30(23-10-9-15-28(21-23)42-19-7-6-18-41-27-13-4-3-5-14-27)43-31-17-16-25(34(39)40)22-29(31)32(36)35-26-12-8-11-24(20-26)33(37)38/h3-5,8-17,20-22,30H,2,6-7,18-19H2,1H3,(H,35,36)(H,37,38)(H,39,40). The van der Waals surface area contributed by atoms with E-state index in [4.69, 9.17) is 14.2 Å². The van der Waals surface area contributed by atoms with Gasteiger partial charge in [-0.05, 0) is 85.5 Å². The number of carboxylic acids is 2. The van der Waals surface area contributed by atoms with Gasteiger partial charge in [0.1, 0.15) is 23.4 Å². The molecule has 0 saturated heterocycles. The Bertz CT molecular complexity index is 1550. The Labute approximate surface area is 249 Å². The lowest BCUT2D eigenvalue weighted by Crippen LogP contribution is -2.17. The maximum atomic E-state index is 13.3. The van der Waals surface area contributed by atoms with Crippen molar-refractivity contribution in [3.05, 3.63) is 119 Å². The van der Waals surface area contributed by atoms with E-state index in [1.807, 2.05) is 61.5 Å². The lowest BCUT2D eigenvalue weighted by Gasteiger charge is -2.21. The number of benzene rings is 4. The number of para-hydroxylation sites is 1. The molecule has 0 heterocycles. The molecule has 4 rings (SSSR count). The molecule has 0 aromatic heterocycles. The van der Waals surface area contributed by atoms with Crippen LogP contribution in [0.1, 0.15) is 68.9 Å². The molecular formula is C34H33NO8. The van der Waals surface area contributed by atoms with E-state index in [-0.39, 0.29) is 28.1 Å². The highest BCUT2D eigenvalue weighted by molar-refractivity contribution is 6.08. The van der Waals surface area contributed by atoms with E-state index >= 15 is 0 Å². The monoisotopic (exact) mass is 583 g/mol. The Morgan fingerprint density at radius 2 is 1.37 bits per heavy atom. The fourth-order valence-corrected chi connectivity index (χ4v) is 4.32. The maximum Gasteiger partial charge on any atom is 0.335 e. The fourth-order valence-electron chi connectivity index (χ4n) is 4.32. The molecular weight excluding hydrogens is 550 g/mol. The van der Waals surface area contributed by atoms with E-state index in [0.717, 1.165) is 24.2 Å². The van der Waals surface area contributed by atoms with Crippen LogP contribution in [0.3, 0.4) is 0 Å². The van der Waals surface area contributed by atoms with Crippen LogP contribution in [0.4, 0.5) is 5.69 Å². The third-order valence-corrected chi connectivity index (χ3v) is 6.53. The van der Waals surface area contributed by atoms with Crippen molar-refractivity contribution in [2.45, 2.75) is 32.3 Å². The number of aromatic carboxylic acids is 2. The minimum Gasteiger partial charge on any atom is -0.494 e. The summed E-state index contributed by atoms with van der Waals surface area (Å²) in [6, 6.07) is 27.0. The number of ether oxygens (including phenoxy) is 3. The summed E-state index contributed by atoms with van der Waals surface area (Å²) >= 11 is 0. The number of carbonyl (C=O) groups is 3. The smallest absolute Gasteiger partial charge is 0.335 e. The first kappa shape index (κ1) is 30.6. The van der Waals surface area contributed by atoms with Crippen molar-refractivity contribution in [1.29, 1.82) is 0 Å². The fraction of sp³-hybridized carbons (Fsp3) is 0.206. The van der Waals surface area contributed by atoms with Gasteiger partial charge in [-0.15, -0.1) is 0 Å². The molecule has 0 aliphatic heterocycles. The van der Waals surface area contributed by atoms with E-state index < -0.39 is 23.9 Å². The normalized spacial score (nSPS) is 11.3. The van der Waals surface area contributed by atoms with Gasteiger partial charge in [-0.1, -0.05) is 43.3 Å². The molecule has 9 heteroatoms. The second-order valence-corrected chi connectivity index (χ2v) is 9.66. The lowest BCUT2D eigenvalue weighted by molar-refractivity contribution is 0.0686. The number of carbonyl (C=O) groups excluding carboxylic acids is 1. The lowest BCUT2D eigenvalue weighted by atomic mass is 10.1. The molecule has 0 aliphatic rings. The molecule has 0 spiro atoms. The van der Waals surface area contributed by atoms with Crippen molar-refractivity contribution in [2.24, 2.45) is 0 Å². The molecule has 0 radical (unpaired) electrons. The highest BCUT2D eigenvalue weighted by Gasteiger charge is 2.21. The molecule has 0 fully saturated rings. The molecule has 222 valence electrons. The predicted molar refractivity (Wildman–Crippen MR) is 162 cm³/mol. The minimum atomic E-state index is -1.20. The van der Waals surface area contributed by atoms with Gasteiger partial charge in [-0.2, -0.15) is 0 Å². The van der Waals surface area contributed by atoms with Crippen LogP contribution < -0.4 is 19.5 Å². The third-order valence-electron chi connectivity index (χ3n) is 6.53. The first-order valence-corrected chi connectivity index (χ1v) is 13.9. The average Bonchev–Trinajstić information content (AvgIpc) is 3.02. The van der Waals surface area contributed by atoms with Crippen LogP contribution in [0.5, 0.6) is 17.2 Å². The van der Waals surface area contributed by atoms with Gasteiger partial charge in [-0.3, -0.25) is 4.79 Å². The Balaban J connectivity index is 1.42. The number of amides is 1. The largest absolute Gasteiger partial charge is 0.494 e. The van der Waals surface area contributed by atoms with Gasteiger partial charge in [0, 0.05) is 5.69 Å². The van der Waals surface area contributed by atoms with E-state index in [9.17, 15) is 24.6 Å². The Kier molecular flexibility index (Phi) is 10.7. The quantitative estimate of drug-likeness (QED) is 0.126. The van der Waals surface area contributed by atoms with Gasteiger partial charge in [0.25, 0.3) is 5.91 Å². The van der Waals surface area contributed by atoms with Crippen molar-refractivity contribution in [3.63, 3.8) is 0 Å². The number of anilines is 1. The van der Waals surface area contributed by atoms with Gasteiger partial charge < -0.3 is 29.7 Å². The molecule has 4 aromatic carbocycles. The Morgan fingerprint density at radius 3 is 2.07 bits per heavy atom. The predicted octanol–water partition coefficient (Wildman–Crippen LogP) is 7.10. The summed E-state index contributed by atoms with van der Waals surface area (Å²) < 4.78 is 17.9. The number of carboxylic acid groups (broad SMARTS) is 2. The van der Waals surface area contributed by atoms with Crippen LogP contribution in [0.2, 0.25) is 0 Å². The summed E-state index contributed by atoms with van der Waals surface area (Å²) in [7, 11) is 0. The summed E-state index contributed by atoms with van der Waals surface area (Å²) in [4.78, 5) is 36.3. The molecule has 0 saturated carbocycles. The minimum absolute atomic E-state index is 0.00206. The van der Waals surface area contributed by atoms with E-state index in [1.165, 1.54) is 36.4 Å². The molecule has 1 amide bonds. The number of nitrogens with one attached hydrogen (secondary N) is 1. The number of hydrogen-bond donors (Lipinski definition) is 3. The number of rotatable bonds is 15. The molecule has 9 nitrogen and oxygen atoms in total. The van der Waals surface area contributed by atoms with Crippen LogP contribution in [0.25, 0.3) is 0 Å². The molecule has 0 aliphatic carbocycles. The first-order valence-electron chi connectivity index (χ1n) is 13.9. The van der Waals surface area contributed by atoms with Crippen molar-refractivity contribution in [2.75, 3.05) is 18.5 Å². The SMILES string of the molecule is CCC(Oc1ccc(C(=O)O)cc1C(=O)Nc1cccc(C(=O)O)c1)c1cccc(OCCCCOc2ccccc2)c1. The zero-order valence-electron chi connectivity index (χ0n) is 23.7. The Hall–Kier alpha value is -5.31. The molecule has 4 aromatic rings. The van der Waals surface area contributed by atoms with E-state index in [2.05, 4.69) is 5.32 Å². The van der Waals surface area contributed by atoms with Crippen molar-refractivity contribution in [3.8, 4) is 17.2 Å². The van der Waals surface area contributed by atoms with Crippen LogP contribution in [0, 0.1) is 0 Å². The molecule has 1 atom stereocenters. The Morgan fingerprint density at radius 1 is 0.721 bits per heavy atom. The highest BCUT2D eigenvalue weighted by Crippen LogP contribution is 2.31. The zero-order valence-corrected chi connectivity index (χ0v) is 23.7. The van der Waals surface area contributed by atoms with E-state index in [0.29, 0.717) is 25.4 Å². The van der Waals surface area contributed by atoms with Gasteiger partial charge in [0.05, 0.1) is 29.9 Å². The second kappa shape index (κ2) is 15.1. The number of unbranched alkanes of at least 4 members (excludes halogenated alkanes) is 1. The highest BCUT2D eigenvalue weighted by atomic mass is 16.5. The summed E-state index contributed by atoms with van der Waals surface area (Å²) in [6.07, 6.45) is 1.75. The van der Waals surface area contributed by atoms with Crippen molar-refractivity contribution < 1.29 is 38.8 Å².